The van der Waals surface area contributed by atoms with E-state index in [9.17, 15) is 12.8 Å². The number of aliphatic hydroxyl groups is 1. The first-order chi connectivity index (χ1) is 10.0. The van der Waals surface area contributed by atoms with Crippen LogP contribution in [0.15, 0.2) is 23.1 Å². The largest absolute Gasteiger partial charge is 0.392 e. The standard InChI is InChI=1S/C14H20FNO4S/c15-14-5-4-13(9-11(14)10-17)21(18,19)16-7-6-12-3-1-2-8-20-12/h4-5,9,12,16-17H,1-3,6-8,10H2. The zero-order valence-corrected chi connectivity index (χ0v) is 12.5. The van der Waals surface area contributed by atoms with Gasteiger partial charge in [0.15, 0.2) is 0 Å². The fourth-order valence-electron chi connectivity index (χ4n) is 2.31. The molecule has 1 aromatic carbocycles. The third-order valence-corrected chi connectivity index (χ3v) is 4.99. The van der Waals surface area contributed by atoms with E-state index in [2.05, 4.69) is 4.72 Å². The smallest absolute Gasteiger partial charge is 0.240 e. The highest BCUT2D eigenvalue weighted by atomic mass is 32.2. The van der Waals surface area contributed by atoms with Gasteiger partial charge in [-0.2, -0.15) is 0 Å². The molecule has 0 bridgehead atoms. The Morgan fingerprint density at radius 3 is 2.86 bits per heavy atom. The summed E-state index contributed by atoms with van der Waals surface area (Å²) in [5.74, 6) is -0.618. The van der Waals surface area contributed by atoms with Crippen LogP contribution in [0, 0.1) is 5.82 Å². The van der Waals surface area contributed by atoms with Crippen LogP contribution in [0.5, 0.6) is 0 Å². The molecule has 1 unspecified atom stereocenters. The van der Waals surface area contributed by atoms with Gasteiger partial charge in [-0.25, -0.2) is 17.5 Å². The van der Waals surface area contributed by atoms with Crippen molar-refractivity contribution in [2.45, 2.75) is 43.3 Å². The number of ether oxygens (including phenoxy) is 1. The summed E-state index contributed by atoms with van der Waals surface area (Å²) in [6, 6.07) is 3.38. The van der Waals surface area contributed by atoms with Crippen LogP contribution in [0.3, 0.4) is 0 Å². The quantitative estimate of drug-likeness (QED) is 0.835. The van der Waals surface area contributed by atoms with Crippen LogP contribution in [0.2, 0.25) is 0 Å². The molecule has 2 N–H and O–H groups in total. The number of sulfonamides is 1. The molecule has 2 rings (SSSR count). The molecule has 0 radical (unpaired) electrons. The SMILES string of the molecule is O=S(=O)(NCCC1CCCCO1)c1ccc(F)c(CO)c1. The van der Waals surface area contributed by atoms with Crippen molar-refractivity contribution in [3.8, 4) is 0 Å². The van der Waals surface area contributed by atoms with Crippen LogP contribution in [0.4, 0.5) is 4.39 Å². The van der Waals surface area contributed by atoms with Gasteiger partial charge in [-0.3, -0.25) is 0 Å². The summed E-state index contributed by atoms with van der Waals surface area (Å²) in [6.07, 6.45) is 3.83. The monoisotopic (exact) mass is 317 g/mol. The molecule has 118 valence electrons. The molecule has 0 saturated carbocycles. The Kier molecular flexibility index (Phi) is 5.69. The maximum absolute atomic E-state index is 13.3. The van der Waals surface area contributed by atoms with Gasteiger partial charge >= 0.3 is 0 Å². The van der Waals surface area contributed by atoms with Gasteiger partial charge in [0.1, 0.15) is 5.82 Å². The molecule has 1 aliphatic rings. The number of hydrogen-bond donors (Lipinski definition) is 2. The van der Waals surface area contributed by atoms with Gasteiger partial charge in [-0.05, 0) is 43.9 Å². The summed E-state index contributed by atoms with van der Waals surface area (Å²) in [4.78, 5) is -0.0440. The molecular formula is C14H20FNO4S. The first kappa shape index (κ1) is 16.4. The molecule has 5 nitrogen and oxygen atoms in total. The van der Waals surface area contributed by atoms with Crippen molar-refractivity contribution in [3.05, 3.63) is 29.6 Å². The molecule has 0 amide bonds. The fourth-order valence-corrected chi connectivity index (χ4v) is 3.41. The number of aliphatic hydroxyl groups excluding tert-OH is 1. The molecule has 1 fully saturated rings. The lowest BCUT2D eigenvalue weighted by Crippen LogP contribution is -2.29. The van der Waals surface area contributed by atoms with Crippen LogP contribution < -0.4 is 4.72 Å². The minimum Gasteiger partial charge on any atom is -0.392 e. The van der Waals surface area contributed by atoms with Crippen molar-refractivity contribution >= 4 is 10.0 Å². The highest BCUT2D eigenvalue weighted by molar-refractivity contribution is 7.89. The molecule has 7 heteroatoms. The molecule has 1 heterocycles. The van der Waals surface area contributed by atoms with Crippen LogP contribution in [0.1, 0.15) is 31.2 Å². The lowest BCUT2D eigenvalue weighted by Gasteiger charge is -2.22. The van der Waals surface area contributed by atoms with Crippen molar-refractivity contribution in [2.24, 2.45) is 0 Å². The van der Waals surface area contributed by atoms with E-state index in [-0.39, 0.29) is 23.1 Å². The summed E-state index contributed by atoms with van der Waals surface area (Å²) >= 11 is 0. The lowest BCUT2D eigenvalue weighted by atomic mass is 10.1. The second kappa shape index (κ2) is 7.31. The van der Waals surface area contributed by atoms with E-state index < -0.39 is 22.4 Å². The lowest BCUT2D eigenvalue weighted by molar-refractivity contribution is 0.0123. The number of nitrogens with one attached hydrogen (secondary N) is 1. The van der Waals surface area contributed by atoms with Crippen LogP contribution in [-0.4, -0.2) is 32.8 Å². The number of benzene rings is 1. The first-order valence-electron chi connectivity index (χ1n) is 7.03. The van der Waals surface area contributed by atoms with E-state index in [1.807, 2.05) is 0 Å². The van der Waals surface area contributed by atoms with E-state index in [1.165, 1.54) is 6.07 Å². The van der Waals surface area contributed by atoms with Gasteiger partial charge < -0.3 is 9.84 Å². The van der Waals surface area contributed by atoms with Gasteiger partial charge in [0.25, 0.3) is 0 Å². The normalized spacial score (nSPS) is 19.6. The Bertz CT molecular complexity index is 570. The van der Waals surface area contributed by atoms with Crippen molar-refractivity contribution < 1.29 is 22.7 Å². The van der Waals surface area contributed by atoms with Crippen LogP contribution in [0.25, 0.3) is 0 Å². The number of rotatable bonds is 6. The predicted molar refractivity (Wildman–Crippen MR) is 75.7 cm³/mol. The molecule has 0 spiro atoms. The summed E-state index contributed by atoms with van der Waals surface area (Å²) < 4.78 is 45.5. The summed E-state index contributed by atoms with van der Waals surface area (Å²) in [5.41, 5.74) is -0.0338. The van der Waals surface area contributed by atoms with Crippen molar-refractivity contribution in [1.82, 2.24) is 4.72 Å². The molecule has 0 aromatic heterocycles. The molecule has 0 aliphatic carbocycles. The Labute approximate surface area is 124 Å². The second-order valence-electron chi connectivity index (χ2n) is 5.09. The van der Waals surface area contributed by atoms with E-state index in [0.717, 1.165) is 38.0 Å². The van der Waals surface area contributed by atoms with E-state index >= 15 is 0 Å². The van der Waals surface area contributed by atoms with Gasteiger partial charge in [0.2, 0.25) is 10.0 Å². The highest BCUT2D eigenvalue weighted by Gasteiger charge is 2.18. The van der Waals surface area contributed by atoms with Crippen molar-refractivity contribution in [3.63, 3.8) is 0 Å². The number of halogens is 1. The minimum absolute atomic E-state index is 0.0338. The zero-order chi connectivity index (χ0) is 15.3. The summed E-state index contributed by atoms with van der Waals surface area (Å²) in [6.45, 7) is 0.471. The van der Waals surface area contributed by atoms with Gasteiger partial charge in [0, 0.05) is 18.7 Å². The topological polar surface area (TPSA) is 75.6 Å². The molecule has 1 saturated heterocycles. The summed E-state index contributed by atoms with van der Waals surface area (Å²) in [5, 5.41) is 8.98. The zero-order valence-electron chi connectivity index (χ0n) is 11.7. The van der Waals surface area contributed by atoms with Gasteiger partial charge in [-0.15, -0.1) is 0 Å². The van der Waals surface area contributed by atoms with Crippen LogP contribution >= 0.6 is 0 Å². The summed E-state index contributed by atoms with van der Waals surface area (Å²) in [7, 11) is -3.69. The first-order valence-corrected chi connectivity index (χ1v) is 8.52. The average molecular weight is 317 g/mol. The third-order valence-electron chi connectivity index (χ3n) is 3.53. The number of hydrogen-bond acceptors (Lipinski definition) is 4. The molecule has 1 atom stereocenters. The molecule has 1 aliphatic heterocycles. The average Bonchev–Trinajstić information content (AvgIpc) is 2.48. The Morgan fingerprint density at radius 2 is 2.19 bits per heavy atom. The maximum Gasteiger partial charge on any atom is 0.240 e. The molecule has 1 aromatic rings. The molecule has 21 heavy (non-hydrogen) atoms. The van der Waals surface area contributed by atoms with Crippen molar-refractivity contribution in [1.29, 1.82) is 0 Å². The van der Waals surface area contributed by atoms with Crippen LogP contribution in [-0.2, 0) is 21.4 Å². The fraction of sp³-hybridized carbons (Fsp3) is 0.571. The Balaban J connectivity index is 1.94. The highest BCUT2D eigenvalue weighted by Crippen LogP contribution is 2.17. The van der Waals surface area contributed by atoms with E-state index in [4.69, 9.17) is 9.84 Å². The maximum atomic E-state index is 13.3. The second-order valence-corrected chi connectivity index (χ2v) is 6.85. The van der Waals surface area contributed by atoms with Gasteiger partial charge in [-0.1, -0.05) is 0 Å². The van der Waals surface area contributed by atoms with Crippen molar-refractivity contribution in [2.75, 3.05) is 13.2 Å². The van der Waals surface area contributed by atoms with Gasteiger partial charge in [0.05, 0.1) is 17.6 Å². The third kappa shape index (κ3) is 4.47. The van der Waals surface area contributed by atoms with E-state index in [1.54, 1.807) is 0 Å². The predicted octanol–water partition coefficient (Wildman–Crippen LogP) is 1.56. The Hall–Kier alpha value is -1.02. The Morgan fingerprint density at radius 1 is 1.38 bits per heavy atom. The minimum atomic E-state index is -3.69. The van der Waals surface area contributed by atoms with E-state index in [0.29, 0.717) is 6.42 Å². The molecular weight excluding hydrogens is 297 g/mol.